The van der Waals surface area contributed by atoms with E-state index in [4.69, 9.17) is 10.8 Å². The lowest BCUT2D eigenvalue weighted by atomic mass is 9.83. The quantitative estimate of drug-likeness (QED) is 0.530. The number of carboxylic acids is 1. The van der Waals surface area contributed by atoms with E-state index < -0.39 is 12.0 Å². The summed E-state index contributed by atoms with van der Waals surface area (Å²) in [7, 11) is 0. The van der Waals surface area contributed by atoms with Gasteiger partial charge in [-0.25, -0.2) is 0 Å². The molecular weight excluding hydrogens is 297 g/mol. The van der Waals surface area contributed by atoms with Gasteiger partial charge in [0.1, 0.15) is 6.04 Å². The number of rotatable bonds is 3. The van der Waals surface area contributed by atoms with E-state index in [1.54, 1.807) is 0 Å². The fourth-order valence-corrected chi connectivity index (χ4v) is 2.93. The number of aliphatic hydroxyl groups excluding tert-OH is 1. The van der Waals surface area contributed by atoms with E-state index in [9.17, 15) is 9.90 Å². The molecule has 5 heteroatoms. The normalized spacial score (nSPS) is 35.2. The second-order valence-corrected chi connectivity index (χ2v) is 5.54. The molecule has 0 aliphatic heterocycles. The van der Waals surface area contributed by atoms with Crippen molar-refractivity contribution in [2.24, 2.45) is 11.7 Å². The van der Waals surface area contributed by atoms with Crippen LogP contribution in [0.4, 0.5) is 0 Å². The monoisotopic (exact) mass is 313 g/mol. The molecule has 0 saturated heterocycles. The molecule has 0 heterocycles. The molecule has 0 spiro atoms. The van der Waals surface area contributed by atoms with Gasteiger partial charge in [0.25, 0.3) is 0 Å². The predicted molar refractivity (Wildman–Crippen MR) is 61.4 cm³/mol. The zero-order valence-corrected chi connectivity index (χ0v) is 10.1. The summed E-state index contributed by atoms with van der Waals surface area (Å²) in [6.07, 6.45) is 2.84. The molecule has 4 N–H and O–H groups in total. The first-order valence-corrected chi connectivity index (χ1v) is 6.05. The molecule has 1 rings (SSSR count). The Morgan fingerprint density at radius 3 is 2.71 bits per heavy atom. The van der Waals surface area contributed by atoms with Crippen molar-refractivity contribution in [2.45, 2.75) is 41.8 Å². The highest BCUT2D eigenvalue weighted by molar-refractivity contribution is 14.1. The summed E-state index contributed by atoms with van der Waals surface area (Å²) in [4.78, 5) is 10.5. The van der Waals surface area contributed by atoms with Gasteiger partial charge in [-0.1, -0.05) is 22.6 Å². The molecular formula is C9H16INO3. The van der Waals surface area contributed by atoms with E-state index in [1.165, 1.54) is 0 Å². The summed E-state index contributed by atoms with van der Waals surface area (Å²) in [5.41, 5.74) is 5.46. The van der Waals surface area contributed by atoms with Crippen molar-refractivity contribution in [2.75, 3.05) is 0 Å². The van der Waals surface area contributed by atoms with Gasteiger partial charge >= 0.3 is 5.97 Å². The maximum atomic E-state index is 10.5. The summed E-state index contributed by atoms with van der Waals surface area (Å²) in [6, 6.07) is -0.751. The number of aliphatic hydroxyl groups is 1. The number of carboxylic acid groups (broad SMARTS) is 1. The highest BCUT2D eigenvalue weighted by Crippen LogP contribution is 2.32. The molecule has 1 saturated carbocycles. The van der Waals surface area contributed by atoms with E-state index in [1.807, 2.05) is 0 Å². The van der Waals surface area contributed by atoms with Crippen LogP contribution in [0.2, 0.25) is 0 Å². The third kappa shape index (κ3) is 3.36. The SMILES string of the molecule is NC(CC1CCC(O)C(I)C1)C(=O)O. The molecule has 1 aliphatic rings. The van der Waals surface area contributed by atoms with Gasteiger partial charge < -0.3 is 15.9 Å². The van der Waals surface area contributed by atoms with Crippen molar-refractivity contribution < 1.29 is 15.0 Å². The van der Waals surface area contributed by atoms with Gasteiger partial charge in [0.05, 0.1) is 6.10 Å². The average molecular weight is 313 g/mol. The van der Waals surface area contributed by atoms with Crippen molar-refractivity contribution in [1.29, 1.82) is 0 Å². The van der Waals surface area contributed by atoms with Crippen LogP contribution >= 0.6 is 22.6 Å². The lowest BCUT2D eigenvalue weighted by Crippen LogP contribution is -2.36. The van der Waals surface area contributed by atoms with E-state index in [-0.39, 0.29) is 10.0 Å². The Labute approximate surface area is 97.0 Å². The summed E-state index contributed by atoms with van der Waals surface area (Å²) < 4.78 is 0.243. The van der Waals surface area contributed by atoms with Gasteiger partial charge in [-0.2, -0.15) is 0 Å². The summed E-state index contributed by atoms with van der Waals surface area (Å²) >= 11 is 2.22. The molecule has 0 aromatic heterocycles. The minimum atomic E-state index is -0.930. The third-order valence-electron chi connectivity index (χ3n) is 2.75. The van der Waals surface area contributed by atoms with E-state index >= 15 is 0 Å². The first-order valence-electron chi connectivity index (χ1n) is 4.81. The second-order valence-electron chi connectivity index (χ2n) is 3.94. The predicted octanol–water partition coefficient (Wildman–Crippen LogP) is 0.753. The van der Waals surface area contributed by atoms with Gasteiger partial charge in [0.15, 0.2) is 0 Å². The zero-order chi connectivity index (χ0) is 10.7. The minimum absolute atomic E-state index is 0.229. The van der Waals surface area contributed by atoms with Gasteiger partial charge in [-0.15, -0.1) is 0 Å². The lowest BCUT2D eigenvalue weighted by molar-refractivity contribution is -0.139. The molecule has 1 fully saturated rings. The Hall–Kier alpha value is 0.120. The molecule has 0 aromatic carbocycles. The molecule has 82 valence electrons. The number of carbonyl (C=O) groups is 1. The van der Waals surface area contributed by atoms with Crippen LogP contribution in [-0.4, -0.2) is 32.3 Å². The van der Waals surface area contributed by atoms with Crippen LogP contribution < -0.4 is 5.73 Å². The Kier molecular flexibility index (Phi) is 4.59. The van der Waals surface area contributed by atoms with E-state index in [0.29, 0.717) is 12.3 Å². The molecule has 14 heavy (non-hydrogen) atoms. The minimum Gasteiger partial charge on any atom is -0.480 e. The van der Waals surface area contributed by atoms with Crippen LogP contribution in [0.5, 0.6) is 0 Å². The largest absolute Gasteiger partial charge is 0.480 e. The molecule has 0 bridgehead atoms. The molecule has 0 aromatic rings. The Balaban J connectivity index is 2.36. The van der Waals surface area contributed by atoms with E-state index in [0.717, 1.165) is 19.3 Å². The second kappa shape index (κ2) is 5.27. The standard InChI is InChI=1S/C9H16INO3/c10-6-3-5(1-2-8(6)12)4-7(11)9(13)14/h5-8,12H,1-4,11H2,(H,13,14). The van der Waals surface area contributed by atoms with Gasteiger partial charge in [-0.3, -0.25) is 4.79 Å². The maximum Gasteiger partial charge on any atom is 0.320 e. The van der Waals surface area contributed by atoms with E-state index in [2.05, 4.69) is 22.6 Å². The fraction of sp³-hybridized carbons (Fsp3) is 0.889. The number of nitrogens with two attached hydrogens (primary N) is 1. The van der Waals surface area contributed by atoms with Gasteiger partial charge in [0.2, 0.25) is 0 Å². The number of hydrogen-bond donors (Lipinski definition) is 3. The number of aliphatic carboxylic acids is 1. The molecule has 4 unspecified atom stereocenters. The Bertz CT molecular complexity index is 212. The Morgan fingerprint density at radius 2 is 2.21 bits per heavy atom. The van der Waals surface area contributed by atoms with Crippen LogP contribution in [0.25, 0.3) is 0 Å². The van der Waals surface area contributed by atoms with Crippen LogP contribution in [0.3, 0.4) is 0 Å². The number of hydrogen-bond acceptors (Lipinski definition) is 3. The molecule has 4 nitrogen and oxygen atoms in total. The summed E-state index contributed by atoms with van der Waals surface area (Å²) in [6.45, 7) is 0. The first kappa shape index (κ1) is 12.2. The molecule has 1 aliphatic carbocycles. The van der Waals surface area contributed by atoms with Gasteiger partial charge in [-0.05, 0) is 31.6 Å². The highest BCUT2D eigenvalue weighted by atomic mass is 127. The number of halogens is 1. The van der Waals surface area contributed by atoms with Crippen molar-refractivity contribution in [3.8, 4) is 0 Å². The van der Waals surface area contributed by atoms with Crippen LogP contribution in [0, 0.1) is 5.92 Å². The zero-order valence-electron chi connectivity index (χ0n) is 7.90. The van der Waals surface area contributed by atoms with Crippen LogP contribution in [0.15, 0.2) is 0 Å². The summed E-state index contributed by atoms with van der Waals surface area (Å²) in [5, 5.41) is 18.1. The lowest BCUT2D eigenvalue weighted by Gasteiger charge is -2.30. The highest BCUT2D eigenvalue weighted by Gasteiger charge is 2.29. The van der Waals surface area contributed by atoms with Crippen molar-refractivity contribution in [1.82, 2.24) is 0 Å². The van der Waals surface area contributed by atoms with Gasteiger partial charge in [0, 0.05) is 3.92 Å². The molecule has 0 radical (unpaired) electrons. The van der Waals surface area contributed by atoms with Crippen molar-refractivity contribution >= 4 is 28.6 Å². The average Bonchev–Trinajstić information content (AvgIpc) is 2.11. The third-order valence-corrected chi connectivity index (χ3v) is 4.09. The summed E-state index contributed by atoms with van der Waals surface area (Å²) in [5.74, 6) is -0.576. The fourth-order valence-electron chi connectivity index (χ4n) is 1.85. The molecule has 4 atom stereocenters. The first-order chi connectivity index (χ1) is 6.50. The van der Waals surface area contributed by atoms with Crippen molar-refractivity contribution in [3.63, 3.8) is 0 Å². The smallest absolute Gasteiger partial charge is 0.320 e. The molecule has 0 amide bonds. The topological polar surface area (TPSA) is 83.5 Å². The van der Waals surface area contributed by atoms with Crippen molar-refractivity contribution in [3.05, 3.63) is 0 Å². The number of alkyl halides is 1. The van der Waals surface area contributed by atoms with Crippen LogP contribution in [-0.2, 0) is 4.79 Å². The maximum absolute atomic E-state index is 10.5. The Morgan fingerprint density at radius 1 is 1.57 bits per heavy atom. The van der Waals surface area contributed by atoms with Crippen LogP contribution in [0.1, 0.15) is 25.7 Å².